The number of azide groups is 1. The van der Waals surface area contributed by atoms with E-state index in [-0.39, 0.29) is 42.7 Å². The summed E-state index contributed by atoms with van der Waals surface area (Å²) in [6, 6.07) is 4.69. The SMILES string of the molecule is Cc1c(CC(=O)NCCCCCC(=O)OC(OC(=O)ON2C(=O)CCC2=O)C(C)C)c(=O)oc2cc(N=[N+]=[N-])ccc12. The van der Waals surface area contributed by atoms with Crippen LogP contribution in [0.3, 0.4) is 0 Å². The second-order valence-electron chi connectivity index (χ2n) is 9.84. The van der Waals surface area contributed by atoms with Crippen molar-refractivity contribution < 1.29 is 42.7 Å². The third kappa shape index (κ3) is 8.54. The van der Waals surface area contributed by atoms with Crippen LogP contribution in [0.15, 0.2) is 32.5 Å². The maximum Gasteiger partial charge on any atom is 0.537 e. The normalized spacial score (nSPS) is 13.6. The van der Waals surface area contributed by atoms with Crippen LogP contribution < -0.4 is 10.9 Å². The lowest BCUT2D eigenvalue weighted by atomic mass is 10.0. The molecule has 15 heteroatoms. The molecule has 1 atom stereocenters. The summed E-state index contributed by atoms with van der Waals surface area (Å²) in [5, 5.41) is 7.19. The quantitative estimate of drug-likeness (QED) is 0.0522. The molecule has 224 valence electrons. The Bertz CT molecular complexity index is 1460. The number of aryl methyl sites for hydroxylation is 1. The Morgan fingerprint density at radius 2 is 1.81 bits per heavy atom. The van der Waals surface area contributed by atoms with Crippen LogP contribution in [-0.4, -0.2) is 47.7 Å². The highest BCUT2D eigenvalue weighted by Gasteiger charge is 2.34. The van der Waals surface area contributed by atoms with Crippen molar-refractivity contribution in [1.82, 2.24) is 10.4 Å². The van der Waals surface area contributed by atoms with Crippen LogP contribution in [0.5, 0.6) is 0 Å². The average Bonchev–Trinajstić information content (AvgIpc) is 3.24. The highest BCUT2D eigenvalue weighted by Crippen LogP contribution is 2.25. The summed E-state index contributed by atoms with van der Waals surface area (Å²) in [5.41, 5.74) is 9.30. The largest absolute Gasteiger partial charge is 0.537 e. The maximum atomic E-state index is 12.5. The van der Waals surface area contributed by atoms with Gasteiger partial charge in [0.25, 0.3) is 18.1 Å². The van der Waals surface area contributed by atoms with Crippen LogP contribution in [0.4, 0.5) is 10.5 Å². The summed E-state index contributed by atoms with van der Waals surface area (Å²) in [6.45, 7) is 5.32. The van der Waals surface area contributed by atoms with Crippen molar-refractivity contribution in [3.63, 3.8) is 0 Å². The number of nitrogens with one attached hydrogen (secondary N) is 1. The van der Waals surface area contributed by atoms with Crippen molar-refractivity contribution in [3.8, 4) is 0 Å². The van der Waals surface area contributed by atoms with Crippen LogP contribution in [0, 0.1) is 12.8 Å². The predicted octanol–water partition coefficient (Wildman–Crippen LogP) is 4.00. The molecule has 0 bridgehead atoms. The fourth-order valence-electron chi connectivity index (χ4n) is 4.06. The lowest BCUT2D eigenvalue weighted by molar-refractivity contribution is -0.199. The Morgan fingerprint density at radius 1 is 1.10 bits per heavy atom. The Hall–Kier alpha value is -4.91. The van der Waals surface area contributed by atoms with Gasteiger partial charge in [-0.25, -0.2) is 9.59 Å². The minimum atomic E-state index is -1.34. The molecule has 0 saturated carbocycles. The van der Waals surface area contributed by atoms with E-state index in [0.717, 1.165) is 0 Å². The van der Waals surface area contributed by atoms with Crippen molar-refractivity contribution in [3.05, 3.63) is 50.2 Å². The number of nitrogens with zero attached hydrogens (tertiary/aromatic N) is 4. The number of unbranched alkanes of at least 4 members (excludes halogenated alkanes) is 2. The summed E-state index contributed by atoms with van der Waals surface area (Å²) in [4.78, 5) is 79.6. The first-order chi connectivity index (χ1) is 20.0. The maximum absolute atomic E-state index is 12.5. The first-order valence-electron chi connectivity index (χ1n) is 13.3. The zero-order valence-electron chi connectivity index (χ0n) is 23.4. The van der Waals surface area contributed by atoms with Gasteiger partial charge in [-0.3, -0.25) is 24.0 Å². The standard InChI is InChI=1S/C27H31N5O10/c1-15(2)26(41-27(38)42-32-22(34)10-11-23(32)35)40-24(36)7-5-4-6-12-29-21(33)14-19-16(3)18-9-8-17(30-31-28)13-20(18)39-25(19)37/h8-9,13,15,26H,4-7,10-12,14H2,1-3H3,(H,29,33). The van der Waals surface area contributed by atoms with Gasteiger partial charge < -0.3 is 19.2 Å². The molecule has 1 N–H and O–H groups in total. The molecule has 1 fully saturated rings. The molecule has 42 heavy (non-hydrogen) atoms. The molecule has 3 amide bonds. The monoisotopic (exact) mass is 585 g/mol. The van der Waals surface area contributed by atoms with Crippen LogP contribution in [0.25, 0.3) is 21.4 Å². The highest BCUT2D eigenvalue weighted by atomic mass is 16.9. The van der Waals surface area contributed by atoms with Gasteiger partial charge in [0.15, 0.2) is 0 Å². The van der Waals surface area contributed by atoms with E-state index in [1.54, 1.807) is 32.9 Å². The van der Waals surface area contributed by atoms with E-state index in [4.69, 9.17) is 19.4 Å². The molecular formula is C27H31N5O10. The molecule has 1 aliphatic rings. The number of hydroxylamine groups is 2. The zero-order chi connectivity index (χ0) is 30.8. The molecule has 1 aromatic carbocycles. The van der Waals surface area contributed by atoms with E-state index >= 15 is 0 Å². The number of ether oxygens (including phenoxy) is 2. The number of benzene rings is 1. The minimum absolute atomic E-state index is 0.0252. The van der Waals surface area contributed by atoms with Gasteiger partial charge in [0.2, 0.25) is 5.91 Å². The first kappa shape index (κ1) is 31.6. The van der Waals surface area contributed by atoms with Gasteiger partial charge in [-0.15, -0.1) is 0 Å². The molecule has 0 radical (unpaired) electrons. The van der Waals surface area contributed by atoms with Gasteiger partial charge >= 0.3 is 17.8 Å². The predicted molar refractivity (Wildman–Crippen MR) is 145 cm³/mol. The first-order valence-corrected chi connectivity index (χ1v) is 13.3. The van der Waals surface area contributed by atoms with E-state index in [1.165, 1.54) is 6.07 Å². The Kier molecular flexibility index (Phi) is 11.0. The average molecular weight is 586 g/mol. The molecule has 0 spiro atoms. The fourth-order valence-corrected chi connectivity index (χ4v) is 4.06. The molecule has 1 aromatic heterocycles. The Morgan fingerprint density at radius 3 is 2.48 bits per heavy atom. The molecule has 15 nitrogen and oxygen atoms in total. The van der Waals surface area contributed by atoms with E-state index < -0.39 is 41.8 Å². The second kappa shape index (κ2) is 14.6. The Labute approximate surface area is 239 Å². The number of esters is 1. The van der Waals surface area contributed by atoms with Crippen LogP contribution in [0.2, 0.25) is 0 Å². The number of hydrogen-bond donors (Lipinski definition) is 1. The van der Waals surface area contributed by atoms with Crippen molar-refractivity contribution in [2.45, 2.75) is 72.0 Å². The number of carbonyl (C=O) groups excluding carboxylic acids is 5. The van der Waals surface area contributed by atoms with Crippen molar-refractivity contribution in [2.24, 2.45) is 11.0 Å². The molecule has 1 saturated heterocycles. The lowest BCUT2D eigenvalue weighted by Gasteiger charge is -2.22. The van der Waals surface area contributed by atoms with Gasteiger partial charge in [0, 0.05) is 47.7 Å². The second-order valence-corrected chi connectivity index (χ2v) is 9.84. The Balaban J connectivity index is 1.38. The van der Waals surface area contributed by atoms with E-state index in [2.05, 4.69) is 20.2 Å². The van der Waals surface area contributed by atoms with Crippen LogP contribution in [-0.2, 0) is 39.9 Å². The molecule has 2 heterocycles. The summed E-state index contributed by atoms with van der Waals surface area (Å²) in [5.74, 6) is -2.74. The minimum Gasteiger partial charge on any atom is -0.425 e. The van der Waals surface area contributed by atoms with Gasteiger partial charge in [-0.1, -0.05) is 42.6 Å². The summed E-state index contributed by atoms with van der Waals surface area (Å²) in [6.07, 6.45) is -1.32. The van der Waals surface area contributed by atoms with Gasteiger partial charge in [-0.05, 0) is 36.9 Å². The van der Waals surface area contributed by atoms with E-state index in [9.17, 15) is 28.8 Å². The molecule has 0 aliphatic carbocycles. The highest BCUT2D eigenvalue weighted by molar-refractivity contribution is 6.01. The van der Waals surface area contributed by atoms with E-state index in [0.29, 0.717) is 47.5 Å². The summed E-state index contributed by atoms with van der Waals surface area (Å²) < 4.78 is 15.5. The summed E-state index contributed by atoms with van der Waals surface area (Å²) >= 11 is 0. The third-order valence-electron chi connectivity index (χ3n) is 6.32. The van der Waals surface area contributed by atoms with Gasteiger partial charge in [-0.2, -0.15) is 0 Å². The number of amides is 3. The van der Waals surface area contributed by atoms with Crippen molar-refractivity contribution in [2.75, 3.05) is 6.54 Å². The van der Waals surface area contributed by atoms with Crippen molar-refractivity contribution in [1.29, 1.82) is 0 Å². The number of rotatable bonds is 13. The zero-order valence-corrected chi connectivity index (χ0v) is 23.4. The molecule has 1 unspecified atom stereocenters. The smallest absolute Gasteiger partial charge is 0.425 e. The topological polar surface area (TPSA) is 207 Å². The van der Waals surface area contributed by atoms with Crippen LogP contribution >= 0.6 is 0 Å². The summed E-state index contributed by atoms with van der Waals surface area (Å²) in [7, 11) is 0. The van der Waals surface area contributed by atoms with E-state index in [1.807, 2.05) is 0 Å². The van der Waals surface area contributed by atoms with Crippen LogP contribution in [0.1, 0.15) is 63.5 Å². The fraction of sp³-hybridized carbons (Fsp3) is 0.481. The molecule has 3 rings (SSSR count). The van der Waals surface area contributed by atoms with Gasteiger partial charge in [0.1, 0.15) is 5.58 Å². The third-order valence-corrected chi connectivity index (χ3v) is 6.32. The number of imide groups is 1. The molecular weight excluding hydrogens is 554 g/mol. The number of hydrogen-bond acceptors (Lipinski definition) is 11. The number of fused-ring (bicyclic) bond motifs is 1. The van der Waals surface area contributed by atoms with Crippen molar-refractivity contribution >= 4 is 46.5 Å². The lowest BCUT2D eigenvalue weighted by Crippen LogP contribution is -2.36. The molecule has 2 aromatic rings. The number of carbonyl (C=O) groups is 5. The molecule has 1 aliphatic heterocycles. The van der Waals surface area contributed by atoms with Gasteiger partial charge in [0.05, 0.1) is 12.0 Å².